The van der Waals surface area contributed by atoms with Crippen LogP contribution in [0.1, 0.15) is 18.4 Å². The molecule has 1 aliphatic rings. The van der Waals surface area contributed by atoms with Gasteiger partial charge in [-0.05, 0) is 42.5 Å². The summed E-state index contributed by atoms with van der Waals surface area (Å²) in [7, 11) is 1.71. The van der Waals surface area contributed by atoms with Gasteiger partial charge in [0.1, 0.15) is 0 Å². The van der Waals surface area contributed by atoms with Crippen LogP contribution in [0.5, 0.6) is 0 Å². The molecule has 5 nitrogen and oxygen atoms in total. The minimum atomic E-state index is -0.319. The van der Waals surface area contributed by atoms with Gasteiger partial charge >= 0.3 is 5.76 Å². The van der Waals surface area contributed by atoms with E-state index in [0.717, 1.165) is 30.7 Å². The Kier molecular flexibility index (Phi) is 2.95. The van der Waals surface area contributed by atoms with Crippen molar-refractivity contribution < 1.29 is 4.42 Å². The lowest BCUT2D eigenvalue weighted by Crippen LogP contribution is -2.29. The Morgan fingerprint density at radius 3 is 2.95 bits per heavy atom. The van der Waals surface area contributed by atoms with E-state index in [4.69, 9.17) is 10.2 Å². The Hall–Kier alpha value is -1.59. The molecule has 1 aromatic carbocycles. The zero-order chi connectivity index (χ0) is 13.5. The SMILES string of the molecule is Cn1c(=O)oc2cc(CNCC3(CN)CC3)ccc21. The number of nitrogens with one attached hydrogen (secondary N) is 1. The summed E-state index contributed by atoms with van der Waals surface area (Å²) in [6.07, 6.45) is 2.45. The number of hydrogen-bond acceptors (Lipinski definition) is 4. The molecule has 5 heteroatoms. The Morgan fingerprint density at radius 1 is 1.47 bits per heavy atom. The van der Waals surface area contributed by atoms with Crippen molar-refractivity contribution in [1.82, 2.24) is 9.88 Å². The molecule has 0 radical (unpaired) electrons. The topological polar surface area (TPSA) is 73.2 Å². The highest BCUT2D eigenvalue weighted by atomic mass is 16.4. The van der Waals surface area contributed by atoms with Gasteiger partial charge < -0.3 is 15.5 Å². The molecule has 1 aliphatic carbocycles. The first-order chi connectivity index (χ1) is 9.13. The molecule has 0 aliphatic heterocycles. The number of nitrogens with zero attached hydrogens (tertiary/aromatic N) is 1. The number of fused-ring (bicyclic) bond motifs is 1. The second-order valence-electron chi connectivity index (χ2n) is 5.54. The van der Waals surface area contributed by atoms with Crippen LogP contribution in [0.4, 0.5) is 0 Å². The number of oxazole rings is 1. The molecule has 1 aromatic heterocycles. The highest BCUT2D eigenvalue weighted by Crippen LogP contribution is 2.43. The van der Waals surface area contributed by atoms with E-state index in [-0.39, 0.29) is 5.76 Å². The predicted molar refractivity (Wildman–Crippen MR) is 73.9 cm³/mol. The zero-order valence-corrected chi connectivity index (χ0v) is 11.1. The zero-order valence-electron chi connectivity index (χ0n) is 11.1. The lowest BCUT2D eigenvalue weighted by atomic mass is 10.1. The molecular weight excluding hydrogens is 242 g/mol. The van der Waals surface area contributed by atoms with Crippen LogP contribution in [0.25, 0.3) is 11.1 Å². The molecule has 0 saturated heterocycles. The van der Waals surface area contributed by atoms with Crippen LogP contribution in [0.2, 0.25) is 0 Å². The van der Waals surface area contributed by atoms with Gasteiger partial charge in [-0.1, -0.05) is 6.07 Å². The second kappa shape index (κ2) is 4.51. The molecule has 19 heavy (non-hydrogen) atoms. The van der Waals surface area contributed by atoms with Gasteiger partial charge in [-0.3, -0.25) is 4.57 Å². The van der Waals surface area contributed by atoms with Gasteiger partial charge in [0.25, 0.3) is 0 Å². The minimum Gasteiger partial charge on any atom is -0.408 e. The summed E-state index contributed by atoms with van der Waals surface area (Å²) in [5, 5.41) is 3.43. The standard InChI is InChI=1S/C14H19N3O2/c1-17-11-3-2-10(6-12(11)19-13(17)18)7-16-9-14(8-15)4-5-14/h2-3,6,16H,4-5,7-9,15H2,1H3. The summed E-state index contributed by atoms with van der Waals surface area (Å²) in [6.45, 7) is 2.49. The van der Waals surface area contributed by atoms with Crippen LogP contribution in [0, 0.1) is 5.41 Å². The number of nitrogens with two attached hydrogens (primary N) is 1. The van der Waals surface area contributed by atoms with Crippen molar-refractivity contribution in [1.29, 1.82) is 0 Å². The molecular formula is C14H19N3O2. The molecule has 1 fully saturated rings. The van der Waals surface area contributed by atoms with Gasteiger partial charge in [-0.25, -0.2) is 4.79 Å². The number of rotatable bonds is 5. The third-order valence-corrected chi connectivity index (χ3v) is 4.08. The van der Waals surface area contributed by atoms with Gasteiger partial charge in [0.15, 0.2) is 5.58 Å². The number of benzene rings is 1. The average molecular weight is 261 g/mol. The summed E-state index contributed by atoms with van der Waals surface area (Å²) in [4.78, 5) is 11.4. The van der Waals surface area contributed by atoms with E-state index in [9.17, 15) is 4.79 Å². The van der Waals surface area contributed by atoms with Crippen molar-refractivity contribution in [2.45, 2.75) is 19.4 Å². The maximum Gasteiger partial charge on any atom is 0.419 e. The molecule has 102 valence electrons. The van der Waals surface area contributed by atoms with Crippen LogP contribution in [0.3, 0.4) is 0 Å². The first-order valence-corrected chi connectivity index (χ1v) is 6.63. The molecule has 3 rings (SSSR count). The molecule has 0 bridgehead atoms. The van der Waals surface area contributed by atoms with Crippen LogP contribution >= 0.6 is 0 Å². The second-order valence-corrected chi connectivity index (χ2v) is 5.54. The molecule has 0 atom stereocenters. The minimum absolute atomic E-state index is 0.319. The van der Waals surface area contributed by atoms with Gasteiger partial charge in [-0.2, -0.15) is 0 Å². The molecule has 2 aromatic rings. The van der Waals surface area contributed by atoms with Crippen molar-refractivity contribution in [2.75, 3.05) is 13.1 Å². The van der Waals surface area contributed by atoms with Gasteiger partial charge in [-0.15, -0.1) is 0 Å². The monoisotopic (exact) mass is 261 g/mol. The van der Waals surface area contributed by atoms with Crippen molar-refractivity contribution >= 4 is 11.1 Å². The third kappa shape index (κ3) is 2.31. The fourth-order valence-electron chi connectivity index (χ4n) is 2.39. The Labute approximate surface area is 111 Å². The number of aromatic nitrogens is 1. The summed E-state index contributed by atoms with van der Waals surface area (Å²) < 4.78 is 6.69. The van der Waals surface area contributed by atoms with Crippen molar-refractivity contribution in [2.24, 2.45) is 18.2 Å². The molecule has 1 saturated carbocycles. The molecule has 0 amide bonds. The highest BCUT2D eigenvalue weighted by Gasteiger charge is 2.40. The summed E-state index contributed by atoms with van der Waals surface area (Å²) in [5.74, 6) is -0.319. The maximum absolute atomic E-state index is 11.4. The quantitative estimate of drug-likeness (QED) is 0.841. The Bertz CT molecular complexity index is 652. The summed E-state index contributed by atoms with van der Waals surface area (Å²) in [6, 6.07) is 5.87. The Morgan fingerprint density at radius 2 is 2.26 bits per heavy atom. The van der Waals surface area contributed by atoms with E-state index >= 15 is 0 Å². The lowest BCUT2D eigenvalue weighted by Gasteiger charge is -2.13. The van der Waals surface area contributed by atoms with E-state index in [0.29, 0.717) is 11.0 Å². The van der Waals surface area contributed by atoms with Crippen molar-refractivity contribution in [3.8, 4) is 0 Å². The van der Waals surface area contributed by atoms with E-state index in [1.54, 1.807) is 7.05 Å². The average Bonchev–Trinajstić information content (AvgIpc) is 3.13. The molecule has 0 unspecified atom stereocenters. The fraction of sp³-hybridized carbons (Fsp3) is 0.500. The lowest BCUT2D eigenvalue weighted by molar-refractivity contribution is 0.467. The van der Waals surface area contributed by atoms with E-state index < -0.39 is 0 Å². The van der Waals surface area contributed by atoms with Gasteiger partial charge in [0.2, 0.25) is 0 Å². The van der Waals surface area contributed by atoms with Crippen molar-refractivity contribution in [3.63, 3.8) is 0 Å². The largest absolute Gasteiger partial charge is 0.419 e. The van der Waals surface area contributed by atoms with E-state index in [2.05, 4.69) is 5.32 Å². The summed E-state index contributed by atoms with van der Waals surface area (Å²) >= 11 is 0. The van der Waals surface area contributed by atoms with Gasteiger partial charge in [0, 0.05) is 20.1 Å². The Balaban J connectivity index is 1.70. The first-order valence-electron chi connectivity index (χ1n) is 6.63. The normalized spacial score (nSPS) is 16.9. The molecule has 0 spiro atoms. The third-order valence-electron chi connectivity index (χ3n) is 4.08. The van der Waals surface area contributed by atoms with E-state index in [1.165, 1.54) is 17.4 Å². The highest BCUT2D eigenvalue weighted by molar-refractivity contribution is 5.73. The summed E-state index contributed by atoms with van der Waals surface area (Å²) in [5.41, 5.74) is 8.68. The number of aryl methyl sites for hydroxylation is 1. The van der Waals surface area contributed by atoms with Crippen LogP contribution < -0.4 is 16.8 Å². The van der Waals surface area contributed by atoms with E-state index in [1.807, 2.05) is 18.2 Å². The van der Waals surface area contributed by atoms with Crippen molar-refractivity contribution in [3.05, 3.63) is 34.3 Å². The fourth-order valence-corrected chi connectivity index (χ4v) is 2.39. The first kappa shape index (κ1) is 12.4. The van der Waals surface area contributed by atoms with Crippen LogP contribution in [-0.2, 0) is 13.6 Å². The molecule has 3 N–H and O–H groups in total. The number of hydrogen-bond donors (Lipinski definition) is 2. The van der Waals surface area contributed by atoms with Gasteiger partial charge in [0.05, 0.1) is 5.52 Å². The predicted octanol–water partition coefficient (Wildman–Crippen LogP) is 0.960. The molecule has 1 heterocycles. The van der Waals surface area contributed by atoms with Crippen LogP contribution in [0.15, 0.2) is 27.4 Å². The van der Waals surface area contributed by atoms with Crippen LogP contribution in [-0.4, -0.2) is 17.7 Å². The maximum atomic E-state index is 11.4. The smallest absolute Gasteiger partial charge is 0.408 e.